The van der Waals surface area contributed by atoms with E-state index >= 15 is 0 Å². The largest absolute Gasteiger partial charge is 2.00 e. The van der Waals surface area contributed by atoms with Crippen molar-refractivity contribution in [2.75, 3.05) is 28.4 Å². The Balaban J connectivity index is 0.000000208. The van der Waals surface area contributed by atoms with Gasteiger partial charge in [-0.3, -0.25) is 0 Å². The van der Waals surface area contributed by atoms with E-state index in [1.165, 1.54) is 0 Å². The maximum atomic E-state index is 5.42. The molecule has 0 aliphatic rings. The smallest absolute Gasteiger partial charge is 0.540 e. The van der Waals surface area contributed by atoms with E-state index in [0.717, 1.165) is 78.9 Å². The Morgan fingerprint density at radius 3 is 1.23 bits per heavy atom. The zero-order valence-electron chi connectivity index (χ0n) is 27.2. The van der Waals surface area contributed by atoms with Crippen LogP contribution in [-0.4, -0.2) is 38.4 Å². The number of hydrogen-bond acceptors (Lipinski definition) is 6. The van der Waals surface area contributed by atoms with Gasteiger partial charge in [0, 0.05) is 23.9 Å². The molecule has 0 saturated heterocycles. The van der Waals surface area contributed by atoms with Gasteiger partial charge in [-0.25, -0.2) is 0 Å². The summed E-state index contributed by atoms with van der Waals surface area (Å²) < 4.78 is 21.6. The van der Waals surface area contributed by atoms with E-state index < -0.39 is 0 Å². The predicted octanol–water partition coefficient (Wildman–Crippen LogP) is 9.08. The minimum atomic E-state index is 0. The molecule has 0 radical (unpaired) electrons. The molecule has 6 aromatic rings. The number of pyridine rings is 2. The molecule has 0 N–H and O–H groups in total. The van der Waals surface area contributed by atoms with Crippen molar-refractivity contribution in [3.63, 3.8) is 0 Å². The number of ether oxygens (including phenoxy) is 4. The van der Waals surface area contributed by atoms with Crippen molar-refractivity contribution in [3.05, 3.63) is 133 Å². The van der Waals surface area contributed by atoms with E-state index in [1.54, 1.807) is 40.8 Å². The summed E-state index contributed by atoms with van der Waals surface area (Å²) in [6.07, 6.45) is 3.52. The minimum Gasteiger partial charge on any atom is -0.540 e. The molecule has 0 spiro atoms. The fourth-order valence-corrected chi connectivity index (χ4v) is 5.26. The third-order valence-corrected chi connectivity index (χ3v) is 7.69. The average molecular weight is 804 g/mol. The second kappa shape index (κ2) is 16.6. The normalized spacial score (nSPS) is 10.2. The van der Waals surface area contributed by atoms with Crippen LogP contribution in [0.15, 0.2) is 109 Å². The van der Waals surface area contributed by atoms with Gasteiger partial charge < -0.3 is 28.9 Å². The SMILES string of the molecule is COc1c[c-]c(-c2nccc(OC)c2C)c(-c2ccccc2)c1.COc1c[c-]c(-c2nccc(OC)c2C)c(-c2ccccc2)c1.[Pt+2]. The molecule has 0 fully saturated rings. The summed E-state index contributed by atoms with van der Waals surface area (Å²) in [6.45, 7) is 4.02. The number of aromatic nitrogens is 2. The molecule has 6 nitrogen and oxygen atoms in total. The topological polar surface area (TPSA) is 62.7 Å². The Morgan fingerprint density at radius 2 is 0.894 bits per heavy atom. The predicted molar refractivity (Wildman–Crippen MR) is 184 cm³/mol. The summed E-state index contributed by atoms with van der Waals surface area (Å²) in [4.78, 5) is 9.09. The summed E-state index contributed by atoms with van der Waals surface area (Å²) in [6, 6.07) is 38.4. The number of rotatable bonds is 8. The van der Waals surface area contributed by atoms with Crippen molar-refractivity contribution in [2.45, 2.75) is 13.8 Å². The summed E-state index contributed by atoms with van der Waals surface area (Å²) in [7, 11) is 6.66. The summed E-state index contributed by atoms with van der Waals surface area (Å²) >= 11 is 0. The summed E-state index contributed by atoms with van der Waals surface area (Å²) in [5, 5.41) is 0. The molecular formula is C40H36N2O4Pt. The molecule has 0 unspecified atom stereocenters. The molecule has 2 aromatic heterocycles. The van der Waals surface area contributed by atoms with Crippen LogP contribution in [-0.2, 0) is 21.1 Å². The first-order chi connectivity index (χ1) is 22.5. The zero-order chi connectivity index (χ0) is 32.5. The van der Waals surface area contributed by atoms with Crippen LogP contribution in [0.2, 0.25) is 0 Å². The molecule has 6 rings (SSSR count). The Kier molecular flexibility index (Phi) is 12.3. The van der Waals surface area contributed by atoms with E-state index in [4.69, 9.17) is 18.9 Å². The Bertz CT molecular complexity index is 1770. The second-order valence-corrected chi connectivity index (χ2v) is 10.4. The van der Waals surface area contributed by atoms with Crippen LogP contribution in [0.25, 0.3) is 44.8 Å². The molecule has 0 aliphatic carbocycles. The van der Waals surface area contributed by atoms with E-state index in [2.05, 4.69) is 46.4 Å². The number of nitrogens with zero attached hydrogens (tertiary/aromatic N) is 2. The quantitative estimate of drug-likeness (QED) is 0.143. The van der Waals surface area contributed by atoms with Gasteiger partial charge in [-0.15, -0.1) is 35.4 Å². The van der Waals surface area contributed by atoms with Crippen LogP contribution >= 0.6 is 0 Å². The minimum absolute atomic E-state index is 0. The van der Waals surface area contributed by atoms with Crippen molar-refractivity contribution in [3.8, 4) is 67.8 Å². The van der Waals surface area contributed by atoms with Gasteiger partial charge >= 0.3 is 21.1 Å². The van der Waals surface area contributed by atoms with Crippen LogP contribution in [0, 0.1) is 26.0 Å². The molecule has 0 aliphatic heterocycles. The van der Waals surface area contributed by atoms with E-state index in [-0.39, 0.29) is 21.1 Å². The van der Waals surface area contributed by atoms with Gasteiger partial charge in [0.1, 0.15) is 11.5 Å². The standard InChI is InChI=1S/2C20H18NO2.Pt/c2*1-14-19(23-3)11-12-21-20(14)17-10-9-16(22-2)13-18(17)15-7-5-4-6-8-15;/h2*4-9,11-13H,1-3H3;/q2*-1;+2. The van der Waals surface area contributed by atoms with Crippen molar-refractivity contribution >= 4 is 0 Å². The Morgan fingerprint density at radius 1 is 0.511 bits per heavy atom. The van der Waals surface area contributed by atoms with E-state index in [9.17, 15) is 0 Å². The van der Waals surface area contributed by atoms with E-state index in [0.29, 0.717) is 0 Å². The van der Waals surface area contributed by atoms with Crippen molar-refractivity contribution in [1.29, 1.82) is 0 Å². The summed E-state index contributed by atoms with van der Waals surface area (Å²) in [5.74, 6) is 3.18. The third-order valence-electron chi connectivity index (χ3n) is 7.69. The summed E-state index contributed by atoms with van der Waals surface area (Å²) in [5.41, 5.74) is 9.87. The van der Waals surface area contributed by atoms with Crippen molar-refractivity contribution in [1.82, 2.24) is 9.97 Å². The van der Waals surface area contributed by atoms with Crippen LogP contribution in [0.4, 0.5) is 0 Å². The van der Waals surface area contributed by atoms with Gasteiger partial charge in [-0.1, -0.05) is 95.1 Å². The van der Waals surface area contributed by atoms with Gasteiger partial charge in [0.2, 0.25) is 0 Å². The molecule has 2 heterocycles. The fourth-order valence-electron chi connectivity index (χ4n) is 5.26. The monoisotopic (exact) mass is 803 g/mol. The molecule has 7 heteroatoms. The maximum absolute atomic E-state index is 5.42. The van der Waals surface area contributed by atoms with Crippen LogP contribution in [0.1, 0.15) is 11.1 Å². The molecule has 4 aromatic carbocycles. The van der Waals surface area contributed by atoms with Gasteiger partial charge in [0.05, 0.1) is 28.4 Å². The van der Waals surface area contributed by atoms with E-state index in [1.807, 2.05) is 86.6 Å². The molecule has 0 saturated carbocycles. The number of methoxy groups -OCH3 is 4. The molecule has 47 heavy (non-hydrogen) atoms. The van der Waals surface area contributed by atoms with Gasteiger partial charge in [-0.2, -0.15) is 0 Å². The van der Waals surface area contributed by atoms with Crippen molar-refractivity contribution < 1.29 is 40.0 Å². The molecule has 0 amide bonds. The number of hydrogen-bond donors (Lipinski definition) is 0. The van der Waals surface area contributed by atoms with Gasteiger partial charge in [-0.05, 0) is 48.5 Å². The van der Waals surface area contributed by atoms with Crippen LogP contribution in [0.3, 0.4) is 0 Å². The van der Waals surface area contributed by atoms with Gasteiger partial charge in [0.15, 0.2) is 0 Å². The third kappa shape index (κ3) is 7.90. The zero-order valence-corrected chi connectivity index (χ0v) is 29.5. The molecule has 0 atom stereocenters. The first-order valence-electron chi connectivity index (χ1n) is 14.8. The first kappa shape index (κ1) is 34.9. The molecule has 240 valence electrons. The second-order valence-electron chi connectivity index (χ2n) is 10.4. The Labute approximate surface area is 291 Å². The average Bonchev–Trinajstić information content (AvgIpc) is 3.12. The van der Waals surface area contributed by atoms with Crippen LogP contribution < -0.4 is 18.9 Å². The Hall–Kier alpha value is -4.93. The first-order valence-corrected chi connectivity index (χ1v) is 14.8. The molecule has 0 bridgehead atoms. The van der Waals surface area contributed by atoms with Crippen LogP contribution in [0.5, 0.6) is 23.0 Å². The molecular weight excluding hydrogens is 768 g/mol. The fraction of sp³-hybridized carbons (Fsp3) is 0.150. The number of benzene rings is 4. The van der Waals surface area contributed by atoms with Gasteiger partial charge in [0.25, 0.3) is 0 Å². The maximum Gasteiger partial charge on any atom is 2.00 e. The van der Waals surface area contributed by atoms with Crippen molar-refractivity contribution in [2.24, 2.45) is 0 Å².